The van der Waals surface area contributed by atoms with E-state index in [-0.39, 0.29) is 23.4 Å². The monoisotopic (exact) mass is 494 g/mol. The van der Waals surface area contributed by atoms with Crippen molar-refractivity contribution in [1.82, 2.24) is 13.9 Å². The summed E-state index contributed by atoms with van der Waals surface area (Å²) in [5, 5.41) is 2.33. The maximum absolute atomic E-state index is 14.1. The van der Waals surface area contributed by atoms with Crippen molar-refractivity contribution in [2.75, 3.05) is 26.5 Å². The fraction of sp³-hybridized carbons (Fsp3) is 0.318. The van der Waals surface area contributed by atoms with Gasteiger partial charge in [0.2, 0.25) is 15.9 Å². The molecule has 0 bridgehead atoms. The molecule has 1 amide bonds. The van der Waals surface area contributed by atoms with Crippen LogP contribution in [0.1, 0.15) is 29.5 Å². The van der Waals surface area contributed by atoms with Crippen molar-refractivity contribution in [3.8, 4) is 0 Å². The van der Waals surface area contributed by atoms with Crippen LogP contribution in [0.4, 0.5) is 14.5 Å². The molecule has 0 radical (unpaired) electrons. The first kappa shape index (κ1) is 25.2. The maximum Gasteiger partial charge on any atom is 0.340 e. The largest absolute Gasteiger partial charge is 0.465 e. The summed E-state index contributed by atoms with van der Waals surface area (Å²) >= 11 is 0. The fourth-order valence-electron chi connectivity index (χ4n) is 3.42. The lowest BCUT2D eigenvalue weighted by molar-refractivity contribution is -0.116. The number of rotatable bonds is 8. The first-order valence-corrected chi connectivity index (χ1v) is 11.7. The molecule has 0 aliphatic rings. The van der Waals surface area contributed by atoms with Crippen LogP contribution in [-0.2, 0) is 32.5 Å². The Kier molecular flexibility index (Phi) is 7.32. The Balaban J connectivity index is 1.81. The number of ether oxygens (including phenoxy) is 1. The highest BCUT2D eigenvalue weighted by molar-refractivity contribution is 7.89. The number of hydrogen-bond donors (Lipinski definition) is 1. The highest BCUT2D eigenvalue weighted by Crippen LogP contribution is 2.24. The molecule has 1 N–H and O–H groups in total. The molecule has 182 valence electrons. The van der Waals surface area contributed by atoms with Crippen LogP contribution in [0.3, 0.4) is 0 Å². The third kappa shape index (κ3) is 4.92. The average Bonchev–Trinajstić information content (AvgIpc) is 3.15. The van der Waals surface area contributed by atoms with E-state index >= 15 is 0 Å². The normalized spacial score (nSPS) is 11.7. The molecule has 34 heavy (non-hydrogen) atoms. The summed E-state index contributed by atoms with van der Waals surface area (Å²) in [6, 6.07) is 6.01. The van der Waals surface area contributed by atoms with Gasteiger partial charge in [-0.05, 0) is 31.2 Å². The molecular formula is C22H24F2N4O5S. The summed E-state index contributed by atoms with van der Waals surface area (Å²) in [4.78, 5) is 28.7. The van der Waals surface area contributed by atoms with Gasteiger partial charge in [0.1, 0.15) is 17.5 Å². The molecule has 12 heteroatoms. The highest BCUT2D eigenvalue weighted by Gasteiger charge is 2.21. The maximum atomic E-state index is 14.1. The smallest absolute Gasteiger partial charge is 0.340 e. The van der Waals surface area contributed by atoms with E-state index in [1.165, 1.54) is 26.2 Å². The number of anilines is 1. The summed E-state index contributed by atoms with van der Waals surface area (Å²) in [7, 11) is 0.298. The van der Waals surface area contributed by atoms with Crippen LogP contribution in [0.25, 0.3) is 11.0 Å². The SMILES string of the molecule is CCn1c(CCC(=O)Nc2cc(C(=O)OC)c(F)cc2F)nc2cc(S(=O)(=O)N(C)C)ccc21. The van der Waals surface area contributed by atoms with Gasteiger partial charge < -0.3 is 14.6 Å². The number of hydrogen-bond acceptors (Lipinski definition) is 6. The molecular weight excluding hydrogens is 470 g/mol. The Morgan fingerprint density at radius 3 is 2.47 bits per heavy atom. The number of carbonyl (C=O) groups is 2. The Morgan fingerprint density at radius 2 is 1.85 bits per heavy atom. The van der Waals surface area contributed by atoms with Crippen LogP contribution >= 0.6 is 0 Å². The van der Waals surface area contributed by atoms with E-state index in [0.717, 1.165) is 17.5 Å². The number of nitrogens with one attached hydrogen (secondary N) is 1. The second-order valence-electron chi connectivity index (χ2n) is 7.56. The van der Waals surface area contributed by atoms with Crippen molar-refractivity contribution in [2.24, 2.45) is 0 Å². The third-order valence-electron chi connectivity index (χ3n) is 5.21. The number of benzene rings is 2. The number of halogens is 2. The van der Waals surface area contributed by atoms with Gasteiger partial charge in [0, 0.05) is 39.5 Å². The zero-order chi connectivity index (χ0) is 25.2. The number of esters is 1. The van der Waals surface area contributed by atoms with E-state index in [9.17, 15) is 26.8 Å². The molecule has 3 aromatic rings. The standard InChI is InChI=1S/C22H24F2N4O5S/c1-5-28-19-7-6-13(34(31,32)27(2)3)10-18(19)25-20(28)8-9-21(29)26-17-11-14(22(30)33-4)15(23)12-16(17)24/h6-7,10-12H,5,8-9H2,1-4H3,(H,26,29). The number of sulfonamides is 1. The number of aromatic nitrogens is 2. The van der Waals surface area contributed by atoms with Crippen molar-refractivity contribution in [1.29, 1.82) is 0 Å². The summed E-state index contributed by atoms with van der Waals surface area (Å²) in [6.45, 7) is 2.42. The van der Waals surface area contributed by atoms with Gasteiger partial charge in [-0.15, -0.1) is 0 Å². The van der Waals surface area contributed by atoms with Gasteiger partial charge in [0.25, 0.3) is 0 Å². The van der Waals surface area contributed by atoms with Gasteiger partial charge in [-0.3, -0.25) is 4.79 Å². The number of fused-ring (bicyclic) bond motifs is 1. The lowest BCUT2D eigenvalue weighted by Gasteiger charge is -2.11. The summed E-state index contributed by atoms with van der Waals surface area (Å²) < 4.78 is 60.1. The molecule has 9 nitrogen and oxygen atoms in total. The number of aryl methyl sites for hydroxylation is 2. The van der Waals surface area contributed by atoms with Gasteiger partial charge in [-0.2, -0.15) is 0 Å². The Bertz CT molecular complexity index is 1370. The predicted octanol–water partition coefficient (Wildman–Crippen LogP) is 2.94. The summed E-state index contributed by atoms with van der Waals surface area (Å²) in [5.74, 6) is -3.17. The van der Waals surface area contributed by atoms with E-state index in [0.29, 0.717) is 29.5 Å². The van der Waals surface area contributed by atoms with Crippen molar-refractivity contribution >= 4 is 38.6 Å². The summed E-state index contributed by atoms with van der Waals surface area (Å²) in [6.07, 6.45) is 0.0906. The van der Waals surface area contributed by atoms with Crippen LogP contribution in [0, 0.1) is 11.6 Å². The minimum absolute atomic E-state index is 0.0868. The summed E-state index contributed by atoms with van der Waals surface area (Å²) in [5.41, 5.74) is 0.320. The van der Waals surface area contributed by atoms with E-state index in [4.69, 9.17) is 0 Å². The Labute approximate surface area is 195 Å². The van der Waals surface area contributed by atoms with Crippen molar-refractivity contribution in [3.05, 3.63) is 53.4 Å². The first-order chi connectivity index (χ1) is 16.0. The van der Waals surface area contributed by atoms with Gasteiger partial charge in [-0.1, -0.05) is 0 Å². The molecule has 0 saturated carbocycles. The second kappa shape index (κ2) is 9.85. The molecule has 0 atom stereocenters. The minimum Gasteiger partial charge on any atom is -0.465 e. The Hall–Kier alpha value is -3.38. The number of nitrogens with zero attached hydrogens (tertiary/aromatic N) is 3. The van der Waals surface area contributed by atoms with Crippen LogP contribution in [0.15, 0.2) is 35.2 Å². The molecule has 0 aliphatic carbocycles. The topological polar surface area (TPSA) is 111 Å². The van der Waals surface area contributed by atoms with Crippen LogP contribution < -0.4 is 5.32 Å². The lowest BCUT2D eigenvalue weighted by atomic mass is 10.1. The predicted molar refractivity (Wildman–Crippen MR) is 121 cm³/mol. The highest BCUT2D eigenvalue weighted by atomic mass is 32.2. The zero-order valence-corrected chi connectivity index (χ0v) is 19.9. The molecule has 0 unspecified atom stereocenters. The van der Waals surface area contributed by atoms with Crippen LogP contribution in [0.5, 0.6) is 0 Å². The van der Waals surface area contributed by atoms with E-state index < -0.39 is 39.1 Å². The molecule has 1 aromatic heterocycles. The Morgan fingerprint density at radius 1 is 1.15 bits per heavy atom. The van der Waals surface area contributed by atoms with Gasteiger partial charge in [0.15, 0.2) is 0 Å². The lowest BCUT2D eigenvalue weighted by Crippen LogP contribution is -2.22. The minimum atomic E-state index is -3.63. The molecule has 0 fully saturated rings. The molecule has 3 rings (SSSR count). The third-order valence-corrected chi connectivity index (χ3v) is 7.02. The zero-order valence-electron chi connectivity index (χ0n) is 19.1. The van der Waals surface area contributed by atoms with Crippen molar-refractivity contribution < 1.29 is 31.5 Å². The molecule has 1 heterocycles. The van der Waals surface area contributed by atoms with Gasteiger partial charge in [-0.25, -0.2) is 31.3 Å². The van der Waals surface area contributed by atoms with E-state index in [1.807, 2.05) is 11.5 Å². The molecule has 0 spiro atoms. The van der Waals surface area contributed by atoms with E-state index in [2.05, 4.69) is 15.0 Å². The van der Waals surface area contributed by atoms with Gasteiger partial charge in [0.05, 0.1) is 34.3 Å². The molecule has 0 aliphatic heterocycles. The number of imidazole rings is 1. The number of carbonyl (C=O) groups excluding carboxylic acids is 2. The van der Waals surface area contributed by atoms with Crippen LogP contribution in [-0.4, -0.2) is 55.4 Å². The second-order valence-corrected chi connectivity index (χ2v) is 9.71. The van der Waals surface area contributed by atoms with Crippen LogP contribution in [0.2, 0.25) is 0 Å². The fourth-order valence-corrected chi connectivity index (χ4v) is 4.35. The average molecular weight is 495 g/mol. The van der Waals surface area contributed by atoms with Crippen molar-refractivity contribution in [2.45, 2.75) is 31.2 Å². The van der Waals surface area contributed by atoms with Crippen molar-refractivity contribution in [3.63, 3.8) is 0 Å². The van der Waals surface area contributed by atoms with E-state index in [1.54, 1.807) is 6.07 Å². The quantitative estimate of drug-likeness (QED) is 0.482. The molecule has 0 saturated heterocycles. The number of amides is 1. The van der Waals surface area contributed by atoms with Gasteiger partial charge >= 0.3 is 5.97 Å². The first-order valence-electron chi connectivity index (χ1n) is 10.3. The molecule has 2 aromatic carbocycles. The number of methoxy groups -OCH3 is 1.